The molecule has 0 spiro atoms. The molecule has 7 heteroatoms. The van der Waals surface area contributed by atoms with Crippen LogP contribution in [-0.2, 0) is 9.59 Å². The van der Waals surface area contributed by atoms with E-state index in [9.17, 15) is 9.59 Å². The zero-order chi connectivity index (χ0) is 19.6. The molecule has 1 saturated heterocycles. The number of carboxylic acid groups (broad SMARTS) is 1. The standard InChI is InChI=1S/C21H37N3O3.ClH/c1-4-23(13-20(25)26)18-7-9-24(10-8-18)15(3)21(27)22-14(2)19-12-16-5-6-17(19)11-16;/h14-19H,4-13H2,1-3H3,(H,22,27)(H,25,26);1H. The van der Waals surface area contributed by atoms with Crippen molar-refractivity contribution in [3.63, 3.8) is 0 Å². The molecule has 5 atom stereocenters. The van der Waals surface area contributed by atoms with Crippen molar-refractivity contribution in [1.82, 2.24) is 15.1 Å². The zero-order valence-corrected chi connectivity index (χ0v) is 18.4. The summed E-state index contributed by atoms with van der Waals surface area (Å²) in [4.78, 5) is 28.1. The Hall–Kier alpha value is -0.850. The van der Waals surface area contributed by atoms with Crippen LogP contribution in [0.1, 0.15) is 59.3 Å². The Balaban J connectivity index is 0.00000280. The van der Waals surface area contributed by atoms with Crippen molar-refractivity contribution in [1.29, 1.82) is 0 Å². The highest BCUT2D eigenvalue weighted by Crippen LogP contribution is 2.49. The summed E-state index contributed by atoms with van der Waals surface area (Å²) in [5.74, 6) is 1.79. The van der Waals surface area contributed by atoms with E-state index in [2.05, 4.69) is 17.1 Å². The number of hydrogen-bond donors (Lipinski definition) is 2. The van der Waals surface area contributed by atoms with Gasteiger partial charge in [-0.05, 0) is 70.3 Å². The van der Waals surface area contributed by atoms with E-state index in [-0.39, 0.29) is 36.9 Å². The molecule has 3 aliphatic rings. The van der Waals surface area contributed by atoms with Gasteiger partial charge < -0.3 is 10.4 Å². The van der Waals surface area contributed by atoms with Crippen LogP contribution < -0.4 is 5.32 Å². The van der Waals surface area contributed by atoms with E-state index in [0.717, 1.165) is 44.3 Å². The second kappa shape index (κ2) is 10.3. The van der Waals surface area contributed by atoms with Crippen LogP contribution in [0.15, 0.2) is 0 Å². The summed E-state index contributed by atoms with van der Waals surface area (Å²) in [6.07, 6.45) is 7.27. The predicted octanol–water partition coefficient (Wildman–Crippen LogP) is 2.61. The summed E-state index contributed by atoms with van der Waals surface area (Å²) in [7, 11) is 0. The third kappa shape index (κ3) is 5.39. The lowest BCUT2D eigenvalue weighted by Crippen LogP contribution is -2.54. The molecule has 0 radical (unpaired) electrons. The SMILES string of the molecule is CCN(CC(=O)O)C1CCN(C(C)C(=O)NC(C)C2CC3CCC2C3)CC1.Cl. The Bertz CT molecular complexity index is 539. The maximum absolute atomic E-state index is 12.8. The summed E-state index contributed by atoms with van der Waals surface area (Å²) in [6.45, 7) is 8.80. The number of aliphatic carboxylic acids is 1. The zero-order valence-electron chi connectivity index (χ0n) is 17.6. The van der Waals surface area contributed by atoms with Crippen molar-refractivity contribution < 1.29 is 14.7 Å². The fourth-order valence-electron chi connectivity index (χ4n) is 5.84. The van der Waals surface area contributed by atoms with Crippen molar-refractivity contribution in [3.05, 3.63) is 0 Å². The van der Waals surface area contributed by atoms with E-state index in [1.807, 2.05) is 18.7 Å². The number of piperidine rings is 1. The number of fused-ring (bicyclic) bond motifs is 2. The van der Waals surface area contributed by atoms with Gasteiger partial charge in [0.05, 0.1) is 12.6 Å². The van der Waals surface area contributed by atoms with E-state index in [0.29, 0.717) is 12.0 Å². The molecule has 162 valence electrons. The first kappa shape index (κ1) is 23.4. The van der Waals surface area contributed by atoms with Gasteiger partial charge in [0.1, 0.15) is 0 Å². The molecule has 1 amide bonds. The first-order valence-corrected chi connectivity index (χ1v) is 10.9. The van der Waals surface area contributed by atoms with Crippen molar-refractivity contribution in [3.8, 4) is 0 Å². The van der Waals surface area contributed by atoms with Gasteiger partial charge in [0.2, 0.25) is 5.91 Å². The second-order valence-electron chi connectivity index (χ2n) is 9.04. The second-order valence-corrected chi connectivity index (χ2v) is 9.04. The third-order valence-electron chi connectivity index (χ3n) is 7.49. The Kier molecular flexibility index (Phi) is 8.59. The summed E-state index contributed by atoms with van der Waals surface area (Å²) in [5.41, 5.74) is 0. The minimum atomic E-state index is -0.762. The van der Waals surface area contributed by atoms with Crippen molar-refractivity contribution >= 4 is 24.3 Å². The molecule has 0 aromatic heterocycles. The van der Waals surface area contributed by atoms with Gasteiger partial charge in [-0.2, -0.15) is 0 Å². The van der Waals surface area contributed by atoms with E-state index < -0.39 is 5.97 Å². The molecule has 5 unspecified atom stereocenters. The van der Waals surface area contributed by atoms with E-state index in [1.54, 1.807) is 0 Å². The lowest BCUT2D eigenvalue weighted by molar-refractivity contribution is -0.139. The quantitative estimate of drug-likeness (QED) is 0.637. The van der Waals surface area contributed by atoms with E-state index >= 15 is 0 Å². The summed E-state index contributed by atoms with van der Waals surface area (Å²) in [5, 5.41) is 12.4. The number of carboxylic acids is 1. The smallest absolute Gasteiger partial charge is 0.317 e. The minimum absolute atomic E-state index is 0. The number of halogens is 1. The van der Waals surface area contributed by atoms with Gasteiger partial charge in [-0.15, -0.1) is 12.4 Å². The molecule has 28 heavy (non-hydrogen) atoms. The van der Waals surface area contributed by atoms with Crippen molar-refractivity contribution in [2.24, 2.45) is 17.8 Å². The van der Waals surface area contributed by atoms with Crippen LogP contribution in [0.2, 0.25) is 0 Å². The normalized spacial score (nSPS) is 30.1. The molecule has 3 fully saturated rings. The highest BCUT2D eigenvalue weighted by molar-refractivity contribution is 5.85. The predicted molar refractivity (Wildman–Crippen MR) is 113 cm³/mol. The molecule has 0 aromatic rings. The molecule has 6 nitrogen and oxygen atoms in total. The number of carbonyl (C=O) groups is 2. The van der Waals surface area contributed by atoms with Crippen LogP contribution in [-0.4, -0.2) is 71.1 Å². The van der Waals surface area contributed by atoms with Crippen LogP contribution in [0.3, 0.4) is 0 Å². The van der Waals surface area contributed by atoms with Gasteiger partial charge >= 0.3 is 5.97 Å². The number of nitrogens with one attached hydrogen (secondary N) is 1. The maximum Gasteiger partial charge on any atom is 0.317 e. The van der Waals surface area contributed by atoms with Crippen LogP contribution in [0.5, 0.6) is 0 Å². The number of likely N-dealkylation sites (tertiary alicyclic amines) is 1. The van der Waals surface area contributed by atoms with Crippen LogP contribution in [0, 0.1) is 17.8 Å². The number of rotatable bonds is 8. The van der Waals surface area contributed by atoms with Gasteiger partial charge in [-0.25, -0.2) is 0 Å². The topological polar surface area (TPSA) is 72.9 Å². The fraction of sp³-hybridized carbons (Fsp3) is 0.905. The Morgan fingerprint density at radius 2 is 1.82 bits per heavy atom. The summed E-state index contributed by atoms with van der Waals surface area (Å²) >= 11 is 0. The molecule has 2 N–H and O–H groups in total. The van der Waals surface area contributed by atoms with Gasteiger partial charge in [0.15, 0.2) is 0 Å². The van der Waals surface area contributed by atoms with Crippen molar-refractivity contribution in [2.75, 3.05) is 26.2 Å². The monoisotopic (exact) mass is 415 g/mol. The Morgan fingerprint density at radius 3 is 2.32 bits per heavy atom. The van der Waals surface area contributed by atoms with Gasteiger partial charge in [-0.1, -0.05) is 13.3 Å². The Labute approximate surface area is 175 Å². The van der Waals surface area contributed by atoms with Crippen LogP contribution >= 0.6 is 12.4 Å². The number of carbonyl (C=O) groups excluding carboxylic acids is 1. The average Bonchev–Trinajstić information content (AvgIpc) is 3.29. The van der Waals surface area contributed by atoms with Gasteiger partial charge in [0, 0.05) is 25.2 Å². The fourth-order valence-corrected chi connectivity index (χ4v) is 5.84. The molecule has 3 rings (SSSR count). The first-order valence-electron chi connectivity index (χ1n) is 10.9. The van der Waals surface area contributed by atoms with Crippen molar-refractivity contribution in [2.45, 2.75) is 77.4 Å². The average molecular weight is 416 g/mol. The van der Waals surface area contributed by atoms with Crippen LogP contribution in [0.4, 0.5) is 0 Å². The minimum Gasteiger partial charge on any atom is -0.480 e. The molecule has 2 saturated carbocycles. The maximum atomic E-state index is 12.8. The number of amides is 1. The third-order valence-corrected chi connectivity index (χ3v) is 7.49. The summed E-state index contributed by atoms with van der Waals surface area (Å²) < 4.78 is 0. The lowest BCUT2D eigenvalue weighted by Gasteiger charge is -2.40. The molecule has 2 aliphatic carbocycles. The largest absolute Gasteiger partial charge is 0.480 e. The molecular formula is C21H38ClN3O3. The molecular weight excluding hydrogens is 378 g/mol. The number of nitrogens with zero attached hydrogens (tertiary/aromatic N) is 2. The lowest BCUT2D eigenvalue weighted by atomic mass is 9.84. The highest BCUT2D eigenvalue weighted by atomic mass is 35.5. The summed E-state index contributed by atoms with van der Waals surface area (Å²) in [6, 6.07) is 0.478. The van der Waals surface area contributed by atoms with E-state index in [4.69, 9.17) is 5.11 Å². The number of likely N-dealkylation sites (N-methyl/N-ethyl adjacent to an activating group) is 1. The van der Waals surface area contributed by atoms with Crippen LogP contribution in [0.25, 0.3) is 0 Å². The Morgan fingerprint density at radius 1 is 1.14 bits per heavy atom. The highest BCUT2D eigenvalue weighted by Gasteiger charge is 2.42. The first-order chi connectivity index (χ1) is 12.9. The molecule has 0 aromatic carbocycles. The molecule has 1 heterocycles. The molecule has 1 aliphatic heterocycles. The number of hydrogen-bond acceptors (Lipinski definition) is 4. The van der Waals surface area contributed by atoms with Gasteiger partial charge in [-0.3, -0.25) is 19.4 Å². The van der Waals surface area contributed by atoms with E-state index in [1.165, 1.54) is 25.7 Å². The molecule has 2 bridgehead atoms. The van der Waals surface area contributed by atoms with Gasteiger partial charge in [0.25, 0.3) is 0 Å².